The number of hydrogen-bond acceptors (Lipinski definition) is 1. The van der Waals surface area contributed by atoms with Crippen LogP contribution >= 0.6 is 24.0 Å². The van der Waals surface area contributed by atoms with Gasteiger partial charge in [-0.15, -0.1) is 24.0 Å². The summed E-state index contributed by atoms with van der Waals surface area (Å²) >= 11 is 0. The number of aliphatic imine (C=N–C) groups is 1. The number of hydrogen-bond donors (Lipinski definition) is 3. The number of rotatable bonds is 4. The zero-order valence-electron chi connectivity index (χ0n) is 14.0. The first kappa shape index (κ1) is 18.3. The summed E-state index contributed by atoms with van der Waals surface area (Å²) in [5.74, 6) is 0.798. The van der Waals surface area contributed by atoms with Crippen LogP contribution in [0.25, 0.3) is 10.9 Å². The van der Waals surface area contributed by atoms with E-state index in [4.69, 9.17) is 0 Å². The summed E-state index contributed by atoms with van der Waals surface area (Å²) in [4.78, 5) is 7.69. The molecule has 5 heteroatoms. The third kappa shape index (κ3) is 4.50. The van der Waals surface area contributed by atoms with Gasteiger partial charge in [0.25, 0.3) is 0 Å². The minimum atomic E-state index is 0. The van der Waals surface area contributed by atoms with Gasteiger partial charge in [-0.3, -0.25) is 4.99 Å². The topological polar surface area (TPSA) is 52.2 Å². The number of nitrogens with one attached hydrogen (secondary N) is 3. The summed E-state index contributed by atoms with van der Waals surface area (Å²) in [6.07, 6.45) is 0. The average molecular weight is 434 g/mol. The van der Waals surface area contributed by atoms with Gasteiger partial charge in [0.1, 0.15) is 0 Å². The number of fused-ring (bicyclic) bond motifs is 1. The van der Waals surface area contributed by atoms with E-state index in [9.17, 15) is 0 Å². The number of nitrogens with zero attached hydrogens (tertiary/aromatic N) is 1. The Morgan fingerprint density at radius 3 is 2.46 bits per heavy atom. The number of guanidine groups is 1. The Bertz CT molecular complexity index is 790. The lowest BCUT2D eigenvalue weighted by atomic mass is 10.1. The molecule has 2 aromatic carbocycles. The molecule has 0 saturated heterocycles. The van der Waals surface area contributed by atoms with Gasteiger partial charge in [-0.25, -0.2) is 0 Å². The quantitative estimate of drug-likeness (QED) is 0.331. The second kappa shape index (κ2) is 8.73. The van der Waals surface area contributed by atoms with Crippen LogP contribution in [-0.2, 0) is 13.1 Å². The van der Waals surface area contributed by atoms with Crippen molar-refractivity contribution in [3.63, 3.8) is 0 Å². The number of aromatic amines is 1. The van der Waals surface area contributed by atoms with Gasteiger partial charge in [0, 0.05) is 24.8 Å². The van der Waals surface area contributed by atoms with Crippen LogP contribution in [0.1, 0.15) is 16.8 Å². The molecule has 0 atom stereocenters. The van der Waals surface area contributed by atoms with E-state index < -0.39 is 0 Å². The van der Waals surface area contributed by atoms with Crippen molar-refractivity contribution in [2.45, 2.75) is 20.0 Å². The second-order valence-corrected chi connectivity index (χ2v) is 5.59. The Hall–Kier alpha value is -2.02. The van der Waals surface area contributed by atoms with Gasteiger partial charge in [0.2, 0.25) is 0 Å². The van der Waals surface area contributed by atoms with E-state index in [0.29, 0.717) is 6.54 Å². The molecule has 3 N–H and O–H groups in total. The number of aryl methyl sites for hydroxylation is 1. The molecule has 0 radical (unpaired) electrons. The Morgan fingerprint density at radius 2 is 1.71 bits per heavy atom. The molecule has 0 saturated carbocycles. The van der Waals surface area contributed by atoms with Crippen molar-refractivity contribution in [1.29, 1.82) is 0 Å². The second-order valence-electron chi connectivity index (χ2n) is 5.59. The summed E-state index contributed by atoms with van der Waals surface area (Å²) < 4.78 is 0. The largest absolute Gasteiger partial charge is 0.357 e. The summed E-state index contributed by atoms with van der Waals surface area (Å²) in [5, 5.41) is 7.93. The molecule has 0 aliphatic carbocycles. The van der Waals surface area contributed by atoms with Crippen LogP contribution in [0.5, 0.6) is 0 Å². The molecule has 1 heterocycles. The zero-order valence-corrected chi connectivity index (χ0v) is 16.3. The van der Waals surface area contributed by atoms with Gasteiger partial charge < -0.3 is 15.6 Å². The smallest absolute Gasteiger partial charge is 0.191 e. The van der Waals surface area contributed by atoms with Crippen molar-refractivity contribution in [2.75, 3.05) is 7.05 Å². The SMILES string of the molecule is CN=C(NCc1cc2ccccc2[nH]1)NCc1ccccc1C.I. The van der Waals surface area contributed by atoms with E-state index in [-0.39, 0.29) is 24.0 Å². The van der Waals surface area contributed by atoms with Gasteiger partial charge in [0.15, 0.2) is 5.96 Å². The maximum Gasteiger partial charge on any atom is 0.191 e. The monoisotopic (exact) mass is 434 g/mol. The van der Waals surface area contributed by atoms with Crippen molar-refractivity contribution in [3.05, 3.63) is 71.4 Å². The molecule has 4 nitrogen and oxygen atoms in total. The molecular formula is C19H23IN4. The highest BCUT2D eigenvalue weighted by Crippen LogP contribution is 2.14. The standard InChI is InChI=1S/C19H22N4.HI/c1-14-7-3-4-9-16(14)12-21-19(20-2)22-13-17-11-15-8-5-6-10-18(15)23-17;/h3-11,23H,12-13H2,1-2H3,(H2,20,21,22);1H. The molecule has 3 rings (SSSR count). The fourth-order valence-electron chi connectivity index (χ4n) is 2.62. The summed E-state index contributed by atoms with van der Waals surface area (Å²) in [6, 6.07) is 18.8. The minimum Gasteiger partial charge on any atom is -0.357 e. The summed E-state index contributed by atoms with van der Waals surface area (Å²) in [5.41, 5.74) is 4.87. The Kier molecular flexibility index (Phi) is 6.66. The fourth-order valence-corrected chi connectivity index (χ4v) is 2.62. The number of benzene rings is 2. The number of aromatic nitrogens is 1. The zero-order chi connectivity index (χ0) is 16.1. The molecule has 0 unspecified atom stereocenters. The predicted molar refractivity (Wildman–Crippen MR) is 112 cm³/mol. The Morgan fingerprint density at radius 1 is 1.00 bits per heavy atom. The highest BCUT2D eigenvalue weighted by molar-refractivity contribution is 14.0. The van der Waals surface area contributed by atoms with Gasteiger partial charge >= 0.3 is 0 Å². The Balaban J connectivity index is 0.00000208. The van der Waals surface area contributed by atoms with Crippen molar-refractivity contribution in [3.8, 4) is 0 Å². The third-order valence-corrected chi connectivity index (χ3v) is 3.96. The fraction of sp³-hybridized carbons (Fsp3) is 0.211. The molecule has 0 aliphatic heterocycles. The number of halogens is 1. The number of H-pyrrole nitrogens is 1. The van der Waals surface area contributed by atoms with Crippen LogP contribution in [0.4, 0.5) is 0 Å². The average Bonchev–Trinajstić information content (AvgIpc) is 2.99. The van der Waals surface area contributed by atoms with Crippen molar-refractivity contribution in [2.24, 2.45) is 4.99 Å². The van der Waals surface area contributed by atoms with Crippen molar-refractivity contribution in [1.82, 2.24) is 15.6 Å². The van der Waals surface area contributed by atoms with Crippen LogP contribution in [0, 0.1) is 6.92 Å². The molecule has 0 bridgehead atoms. The van der Waals surface area contributed by atoms with E-state index in [2.05, 4.69) is 76.1 Å². The van der Waals surface area contributed by atoms with Crippen LogP contribution in [-0.4, -0.2) is 18.0 Å². The number of para-hydroxylation sites is 1. The Labute approximate surface area is 159 Å². The van der Waals surface area contributed by atoms with E-state index in [1.807, 2.05) is 6.07 Å². The molecule has 24 heavy (non-hydrogen) atoms. The van der Waals surface area contributed by atoms with E-state index in [1.54, 1.807) is 7.05 Å². The molecule has 3 aromatic rings. The maximum absolute atomic E-state index is 4.28. The van der Waals surface area contributed by atoms with Gasteiger partial charge in [-0.2, -0.15) is 0 Å². The van der Waals surface area contributed by atoms with Crippen molar-refractivity contribution < 1.29 is 0 Å². The van der Waals surface area contributed by atoms with Gasteiger partial charge in [-0.1, -0.05) is 42.5 Å². The molecule has 0 amide bonds. The van der Waals surface area contributed by atoms with Crippen LogP contribution in [0.3, 0.4) is 0 Å². The molecule has 0 aliphatic rings. The lowest BCUT2D eigenvalue weighted by Crippen LogP contribution is -2.36. The van der Waals surface area contributed by atoms with Crippen molar-refractivity contribution >= 4 is 40.8 Å². The molecular weight excluding hydrogens is 411 g/mol. The normalized spacial score (nSPS) is 11.2. The molecule has 126 valence electrons. The van der Waals surface area contributed by atoms with Gasteiger partial charge in [0.05, 0.1) is 6.54 Å². The molecule has 0 fully saturated rings. The highest BCUT2D eigenvalue weighted by Gasteiger charge is 2.03. The first-order valence-corrected chi connectivity index (χ1v) is 7.82. The van der Waals surface area contributed by atoms with E-state index in [1.165, 1.54) is 16.5 Å². The van der Waals surface area contributed by atoms with Gasteiger partial charge in [-0.05, 0) is 35.6 Å². The first-order valence-electron chi connectivity index (χ1n) is 7.82. The lowest BCUT2D eigenvalue weighted by Gasteiger charge is -2.12. The molecule has 1 aromatic heterocycles. The van der Waals surface area contributed by atoms with E-state index >= 15 is 0 Å². The summed E-state index contributed by atoms with van der Waals surface area (Å²) in [6.45, 7) is 3.60. The third-order valence-electron chi connectivity index (χ3n) is 3.96. The minimum absolute atomic E-state index is 0. The predicted octanol–water partition coefficient (Wildman–Crippen LogP) is 3.96. The first-order chi connectivity index (χ1) is 11.3. The summed E-state index contributed by atoms with van der Waals surface area (Å²) in [7, 11) is 1.79. The molecule has 0 spiro atoms. The van der Waals surface area contributed by atoms with Crippen LogP contribution in [0.2, 0.25) is 0 Å². The highest BCUT2D eigenvalue weighted by atomic mass is 127. The maximum atomic E-state index is 4.28. The van der Waals surface area contributed by atoms with Crippen LogP contribution in [0.15, 0.2) is 59.6 Å². The lowest BCUT2D eigenvalue weighted by molar-refractivity contribution is 0.797. The van der Waals surface area contributed by atoms with E-state index in [0.717, 1.165) is 23.7 Å². The van der Waals surface area contributed by atoms with Crippen LogP contribution < -0.4 is 10.6 Å².